The fourth-order valence-electron chi connectivity index (χ4n) is 1.76. The third-order valence-electron chi connectivity index (χ3n) is 2.65. The van der Waals surface area contributed by atoms with E-state index >= 15 is 0 Å². The molecule has 0 saturated carbocycles. The minimum absolute atomic E-state index is 0.871. The highest BCUT2D eigenvalue weighted by Gasteiger charge is 2.10. The Morgan fingerprint density at radius 3 is 2.83 bits per heavy atom. The van der Waals surface area contributed by atoms with Crippen LogP contribution in [0.1, 0.15) is 31.0 Å². The number of rotatable bonds is 6. The van der Waals surface area contributed by atoms with Crippen molar-refractivity contribution in [2.75, 3.05) is 18.1 Å². The van der Waals surface area contributed by atoms with Gasteiger partial charge in [-0.1, -0.05) is 13.8 Å². The van der Waals surface area contributed by atoms with Gasteiger partial charge in [0, 0.05) is 11.4 Å². The lowest BCUT2D eigenvalue weighted by Crippen LogP contribution is -2.04. The van der Waals surface area contributed by atoms with Crippen molar-refractivity contribution in [3.05, 3.63) is 16.8 Å². The number of hydrogen-bond acceptors (Lipinski definition) is 5. The highest BCUT2D eigenvalue weighted by molar-refractivity contribution is 7.97. The van der Waals surface area contributed by atoms with Gasteiger partial charge in [-0.25, -0.2) is 9.97 Å². The van der Waals surface area contributed by atoms with E-state index in [9.17, 15) is 0 Å². The van der Waals surface area contributed by atoms with Crippen molar-refractivity contribution in [2.45, 2.75) is 32.4 Å². The first kappa shape index (κ1) is 13.6. The van der Waals surface area contributed by atoms with E-state index in [4.69, 9.17) is 0 Å². The Hall–Kier alpha value is -0.810. The van der Waals surface area contributed by atoms with Crippen LogP contribution in [-0.4, -0.2) is 22.8 Å². The first-order valence-corrected chi connectivity index (χ1v) is 8.51. The number of thiophene rings is 1. The molecule has 0 amide bonds. The van der Waals surface area contributed by atoms with Gasteiger partial charge in [-0.3, -0.25) is 0 Å². The summed E-state index contributed by atoms with van der Waals surface area (Å²) in [5.74, 6) is 2.80. The fourth-order valence-corrected chi connectivity index (χ4v) is 3.13. The Morgan fingerprint density at radius 2 is 2.17 bits per heavy atom. The van der Waals surface area contributed by atoms with Gasteiger partial charge in [0.05, 0.1) is 11.1 Å². The van der Waals surface area contributed by atoms with Gasteiger partial charge in [-0.15, -0.1) is 11.3 Å². The van der Waals surface area contributed by atoms with Crippen LogP contribution in [0, 0.1) is 0 Å². The quantitative estimate of drug-likeness (QED) is 0.870. The van der Waals surface area contributed by atoms with E-state index in [0.717, 1.165) is 41.6 Å². The van der Waals surface area contributed by atoms with Crippen LogP contribution in [0.15, 0.2) is 6.07 Å². The van der Waals surface area contributed by atoms with Crippen LogP contribution in [0.25, 0.3) is 10.2 Å². The first-order valence-electron chi connectivity index (χ1n) is 6.30. The Bertz CT molecular complexity index is 522. The zero-order valence-corrected chi connectivity index (χ0v) is 12.7. The van der Waals surface area contributed by atoms with E-state index in [0.29, 0.717) is 0 Å². The largest absolute Gasteiger partial charge is 0.369 e. The number of hydrogen-bond donors (Lipinski definition) is 1. The second-order valence-electron chi connectivity index (χ2n) is 4.13. The fraction of sp³-hybridized carbons (Fsp3) is 0.538. The van der Waals surface area contributed by atoms with E-state index in [1.54, 1.807) is 23.1 Å². The van der Waals surface area contributed by atoms with Gasteiger partial charge >= 0.3 is 0 Å². The maximum Gasteiger partial charge on any atom is 0.142 e. The minimum atomic E-state index is 0.871. The topological polar surface area (TPSA) is 37.8 Å². The molecule has 0 aliphatic heterocycles. The lowest BCUT2D eigenvalue weighted by Gasteiger charge is -2.07. The maximum atomic E-state index is 4.65. The summed E-state index contributed by atoms with van der Waals surface area (Å²) in [5, 5.41) is 4.60. The molecule has 0 bridgehead atoms. The van der Waals surface area contributed by atoms with Crippen molar-refractivity contribution in [3.8, 4) is 0 Å². The molecule has 0 spiro atoms. The first-order chi connectivity index (χ1) is 8.78. The Kier molecular flexibility index (Phi) is 4.83. The van der Waals surface area contributed by atoms with Gasteiger partial charge < -0.3 is 5.32 Å². The number of fused-ring (bicyclic) bond motifs is 1. The van der Waals surface area contributed by atoms with E-state index in [1.807, 2.05) is 0 Å². The molecule has 0 unspecified atom stereocenters. The summed E-state index contributed by atoms with van der Waals surface area (Å²) in [5.41, 5.74) is 0. The van der Waals surface area contributed by atoms with E-state index < -0.39 is 0 Å². The van der Waals surface area contributed by atoms with Crippen LogP contribution in [-0.2, 0) is 12.2 Å². The molecule has 18 heavy (non-hydrogen) atoms. The SMILES string of the molecule is CCCNc1nc(CSC)nc2sc(CC)cc12. The average Bonchev–Trinajstić information content (AvgIpc) is 2.79. The summed E-state index contributed by atoms with van der Waals surface area (Å²) in [6.07, 6.45) is 4.25. The number of nitrogens with one attached hydrogen (secondary N) is 1. The van der Waals surface area contributed by atoms with Crippen LogP contribution in [0.4, 0.5) is 5.82 Å². The van der Waals surface area contributed by atoms with Crippen LogP contribution < -0.4 is 5.32 Å². The van der Waals surface area contributed by atoms with Crippen molar-refractivity contribution < 1.29 is 0 Å². The van der Waals surface area contributed by atoms with Crippen molar-refractivity contribution in [1.29, 1.82) is 0 Å². The number of aryl methyl sites for hydroxylation is 1. The van der Waals surface area contributed by atoms with Crippen molar-refractivity contribution in [1.82, 2.24) is 9.97 Å². The third kappa shape index (κ3) is 2.95. The van der Waals surface area contributed by atoms with Crippen molar-refractivity contribution >= 4 is 39.1 Å². The average molecular weight is 281 g/mol. The Balaban J connectivity index is 2.44. The van der Waals surface area contributed by atoms with E-state index in [2.05, 4.69) is 41.5 Å². The van der Waals surface area contributed by atoms with Crippen LogP contribution in [0.2, 0.25) is 0 Å². The molecular formula is C13H19N3S2. The van der Waals surface area contributed by atoms with Crippen molar-refractivity contribution in [3.63, 3.8) is 0 Å². The molecular weight excluding hydrogens is 262 g/mol. The molecule has 0 saturated heterocycles. The summed E-state index contributed by atoms with van der Waals surface area (Å²) in [6.45, 7) is 5.31. The van der Waals surface area contributed by atoms with E-state index in [1.165, 1.54) is 10.3 Å². The van der Waals surface area contributed by atoms with Crippen molar-refractivity contribution in [2.24, 2.45) is 0 Å². The predicted molar refractivity (Wildman–Crippen MR) is 82.8 cm³/mol. The molecule has 5 heteroatoms. The monoisotopic (exact) mass is 281 g/mol. The Labute approximate surface area is 116 Å². The molecule has 2 aromatic heterocycles. The highest BCUT2D eigenvalue weighted by atomic mass is 32.2. The zero-order chi connectivity index (χ0) is 13.0. The van der Waals surface area contributed by atoms with Gasteiger partial charge in [0.15, 0.2) is 0 Å². The molecule has 3 nitrogen and oxygen atoms in total. The second-order valence-corrected chi connectivity index (χ2v) is 6.11. The molecule has 0 radical (unpaired) electrons. The number of aromatic nitrogens is 2. The van der Waals surface area contributed by atoms with Gasteiger partial charge in [-0.2, -0.15) is 11.8 Å². The van der Waals surface area contributed by atoms with Gasteiger partial charge in [-0.05, 0) is 25.2 Å². The highest BCUT2D eigenvalue weighted by Crippen LogP contribution is 2.29. The molecule has 98 valence electrons. The molecule has 2 heterocycles. The second kappa shape index (κ2) is 6.38. The lowest BCUT2D eigenvalue weighted by molar-refractivity contribution is 0.961. The summed E-state index contributed by atoms with van der Waals surface area (Å²) in [4.78, 5) is 11.8. The molecule has 2 rings (SSSR count). The summed E-state index contributed by atoms with van der Waals surface area (Å²) < 4.78 is 0. The normalized spacial score (nSPS) is 11.1. The molecule has 2 aromatic rings. The molecule has 0 fully saturated rings. The summed E-state index contributed by atoms with van der Waals surface area (Å²) in [7, 11) is 0. The van der Waals surface area contributed by atoms with Gasteiger partial charge in [0.25, 0.3) is 0 Å². The van der Waals surface area contributed by atoms with E-state index in [-0.39, 0.29) is 0 Å². The molecule has 0 atom stereocenters. The zero-order valence-electron chi connectivity index (χ0n) is 11.1. The molecule has 0 aliphatic carbocycles. The van der Waals surface area contributed by atoms with Gasteiger partial charge in [0.2, 0.25) is 0 Å². The Morgan fingerprint density at radius 1 is 1.33 bits per heavy atom. The number of thioether (sulfide) groups is 1. The number of anilines is 1. The van der Waals surface area contributed by atoms with Crippen LogP contribution in [0.3, 0.4) is 0 Å². The smallest absolute Gasteiger partial charge is 0.142 e. The van der Waals surface area contributed by atoms with Crippen LogP contribution in [0.5, 0.6) is 0 Å². The minimum Gasteiger partial charge on any atom is -0.369 e. The molecule has 0 aromatic carbocycles. The lowest BCUT2D eigenvalue weighted by atomic mass is 10.3. The predicted octanol–water partition coefficient (Wildman–Crippen LogP) is 3.94. The standard InChI is InChI=1S/C13H19N3S2/c1-4-6-14-12-10-7-9(5-2)18-13(10)16-11(15-12)8-17-3/h7H,4-6,8H2,1-3H3,(H,14,15,16). The molecule has 1 N–H and O–H groups in total. The molecule has 0 aliphatic rings. The van der Waals surface area contributed by atoms with Gasteiger partial charge in [0.1, 0.15) is 16.5 Å². The summed E-state index contributed by atoms with van der Waals surface area (Å²) >= 11 is 3.54. The van der Waals surface area contributed by atoms with Crippen LogP contribution >= 0.6 is 23.1 Å². The maximum absolute atomic E-state index is 4.65. The summed E-state index contributed by atoms with van der Waals surface area (Å²) in [6, 6.07) is 2.22. The number of nitrogens with zero attached hydrogens (tertiary/aromatic N) is 2. The third-order valence-corrected chi connectivity index (χ3v) is 4.37.